The number of hydrogen-bond donors (Lipinski definition) is 0. The van der Waals surface area contributed by atoms with Crippen LogP contribution in [0.5, 0.6) is 0 Å². The summed E-state index contributed by atoms with van der Waals surface area (Å²) in [5.74, 6) is 1.01. The summed E-state index contributed by atoms with van der Waals surface area (Å²) in [5, 5.41) is 0. The van der Waals surface area contributed by atoms with Crippen molar-refractivity contribution in [2.75, 3.05) is 46.0 Å². The summed E-state index contributed by atoms with van der Waals surface area (Å²) < 4.78 is 12.1. The SMILES string of the molecule is CCCCCCCCC(CCCCCC)COCCCCCCN1C[C@H]2C[C@@H]1CN2CCCCCCOC(=O)C(CCCCCC)CCCCCCCC. The van der Waals surface area contributed by atoms with Gasteiger partial charge in [0.15, 0.2) is 0 Å². The van der Waals surface area contributed by atoms with Crippen LogP contribution in [0.1, 0.15) is 240 Å². The van der Waals surface area contributed by atoms with Crippen molar-refractivity contribution in [3.05, 3.63) is 0 Å². The van der Waals surface area contributed by atoms with Crippen LogP contribution in [0.2, 0.25) is 0 Å². The molecule has 2 bridgehead atoms. The highest BCUT2D eigenvalue weighted by Crippen LogP contribution is 2.31. The van der Waals surface area contributed by atoms with Crippen molar-refractivity contribution in [2.45, 2.75) is 252 Å². The number of ether oxygens (including phenoxy) is 2. The van der Waals surface area contributed by atoms with Gasteiger partial charge in [-0.3, -0.25) is 14.6 Å². The summed E-state index contributed by atoms with van der Waals surface area (Å²) >= 11 is 0. The minimum atomic E-state index is 0.0950. The molecule has 2 unspecified atom stereocenters. The fourth-order valence-electron chi connectivity index (χ4n) is 9.32. The number of carbonyl (C=O) groups is 1. The van der Waals surface area contributed by atoms with Crippen LogP contribution in [0.15, 0.2) is 0 Å². The van der Waals surface area contributed by atoms with Crippen LogP contribution in [0.4, 0.5) is 0 Å². The van der Waals surface area contributed by atoms with Crippen LogP contribution >= 0.6 is 0 Å². The van der Waals surface area contributed by atoms with E-state index < -0.39 is 0 Å². The van der Waals surface area contributed by atoms with Gasteiger partial charge in [0.1, 0.15) is 0 Å². The molecule has 2 fully saturated rings. The normalized spacial score (nSPS) is 18.5. The van der Waals surface area contributed by atoms with E-state index in [0.717, 1.165) is 50.5 Å². The summed E-state index contributed by atoms with van der Waals surface area (Å²) in [6.45, 7) is 16.9. The average Bonchev–Trinajstić information content (AvgIpc) is 3.77. The predicted molar refractivity (Wildman–Crippen MR) is 235 cm³/mol. The van der Waals surface area contributed by atoms with Gasteiger partial charge in [-0.05, 0) is 76.8 Å². The number of nitrogens with zero attached hydrogens (tertiary/aromatic N) is 2. The molecule has 2 rings (SSSR count). The smallest absolute Gasteiger partial charge is 0.308 e. The molecule has 5 nitrogen and oxygen atoms in total. The number of likely N-dealkylation sites (tertiary alicyclic amines) is 2. The minimum Gasteiger partial charge on any atom is -0.465 e. The molecule has 0 N–H and O–H groups in total. The third-order valence-corrected chi connectivity index (χ3v) is 13.0. The van der Waals surface area contributed by atoms with Crippen molar-refractivity contribution in [1.29, 1.82) is 0 Å². The highest BCUT2D eigenvalue weighted by Gasteiger charge is 2.42. The van der Waals surface area contributed by atoms with E-state index in [1.165, 1.54) is 219 Å². The fraction of sp³-hybridized carbons (Fsp3) is 0.980. The van der Waals surface area contributed by atoms with Crippen LogP contribution in [0.3, 0.4) is 0 Å². The molecule has 2 heterocycles. The number of rotatable bonds is 41. The van der Waals surface area contributed by atoms with Crippen molar-refractivity contribution in [3.63, 3.8) is 0 Å². The van der Waals surface area contributed by atoms with Gasteiger partial charge in [0.05, 0.1) is 12.5 Å². The van der Waals surface area contributed by atoms with Gasteiger partial charge in [-0.2, -0.15) is 0 Å². The molecule has 0 aromatic carbocycles. The lowest BCUT2D eigenvalue weighted by Crippen LogP contribution is -2.46. The Kier molecular flexibility index (Phi) is 32.5. The zero-order chi connectivity index (χ0) is 38.7. The van der Waals surface area contributed by atoms with Crippen LogP contribution < -0.4 is 0 Å². The van der Waals surface area contributed by atoms with Crippen LogP contribution in [0.25, 0.3) is 0 Å². The van der Waals surface area contributed by atoms with E-state index in [2.05, 4.69) is 37.5 Å². The largest absolute Gasteiger partial charge is 0.465 e. The third kappa shape index (κ3) is 24.9. The van der Waals surface area contributed by atoms with Gasteiger partial charge in [0.2, 0.25) is 0 Å². The van der Waals surface area contributed by atoms with Gasteiger partial charge in [-0.25, -0.2) is 0 Å². The Balaban J connectivity index is 1.47. The molecule has 0 spiro atoms. The Hall–Kier alpha value is -0.650. The van der Waals surface area contributed by atoms with E-state index in [1.54, 1.807) is 0 Å². The Morgan fingerprint density at radius 1 is 0.481 bits per heavy atom. The van der Waals surface area contributed by atoms with E-state index >= 15 is 0 Å². The molecule has 2 aliphatic heterocycles. The lowest BCUT2D eigenvalue weighted by molar-refractivity contribution is -0.149. The molecule has 0 aliphatic carbocycles. The van der Waals surface area contributed by atoms with Crippen LogP contribution in [0, 0.1) is 11.8 Å². The Morgan fingerprint density at radius 2 is 0.870 bits per heavy atom. The van der Waals surface area contributed by atoms with Gasteiger partial charge < -0.3 is 9.47 Å². The summed E-state index contributed by atoms with van der Waals surface area (Å²) in [6, 6.07) is 1.58. The summed E-state index contributed by atoms with van der Waals surface area (Å²) in [5.41, 5.74) is 0. The monoisotopic (exact) mass is 761 g/mol. The van der Waals surface area contributed by atoms with Crippen molar-refractivity contribution in [1.82, 2.24) is 9.80 Å². The number of esters is 1. The van der Waals surface area contributed by atoms with Crippen LogP contribution in [-0.2, 0) is 14.3 Å². The zero-order valence-corrected chi connectivity index (χ0v) is 37.2. The first-order valence-electron chi connectivity index (χ1n) is 24.8. The number of hydrogen-bond acceptors (Lipinski definition) is 5. The van der Waals surface area contributed by atoms with Gasteiger partial charge in [0, 0.05) is 38.4 Å². The standard InChI is InChI=1S/C49H96N2O3/c1-5-9-13-17-19-26-34-45(33-25-15-11-7-3)44-53-39-31-23-21-29-37-50-42-48-41-47(50)43-51(48)38-30-22-24-32-40-54-49(52)46(35-27-16-12-8-4)36-28-20-18-14-10-6-2/h45-48H,5-44H2,1-4H3/t45?,46?,47-,48-/m1/s1. The fourth-order valence-corrected chi connectivity index (χ4v) is 9.32. The molecule has 0 aromatic heterocycles. The zero-order valence-electron chi connectivity index (χ0n) is 37.2. The Labute approximate surface area is 338 Å². The molecular weight excluding hydrogens is 665 g/mol. The van der Waals surface area contributed by atoms with Gasteiger partial charge in [-0.1, -0.05) is 182 Å². The second kappa shape index (κ2) is 35.5. The number of carbonyl (C=O) groups excluding carboxylic acids is 1. The average molecular weight is 761 g/mol. The van der Waals surface area contributed by atoms with Crippen molar-refractivity contribution >= 4 is 5.97 Å². The predicted octanol–water partition coefficient (Wildman–Crippen LogP) is 14.1. The third-order valence-electron chi connectivity index (χ3n) is 13.0. The molecule has 320 valence electrons. The first-order chi connectivity index (χ1) is 26.6. The highest BCUT2D eigenvalue weighted by atomic mass is 16.5. The molecule has 2 aliphatic rings. The number of piperazine rings is 1. The Bertz CT molecular complexity index is 823. The van der Waals surface area contributed by atoms with Crippen molar-refractivity contribution < 1.29 is 14.3 Å². The molecular formula is C49H96N2O3. The number of unbranched alkanes of at least 4 members (excludes halogenated alkanes) is 22. The van der Waals surface area contributed by atoms with Crippen LogP contribution in [-0.4, -0.2) is 73.9 Å². The van der Waals surface area contributed by atoms with E-state index in [9.17, 15) is 4.79 Å². The number of fused-ring (bicyclic) bond motifs is 2. The topological polar surface area (TPSA) is 42.0 Å². The summed E-state index contributed by atoms with van der Waals surface area (Å²) in [4.78, 5) is 18.5. The van der Waals surface area contributed by atoms with E-state index in [1.807, 2.05) is 0 Å². The van der Waals surface area contributed by atoms with E-state index in [4.69, 9.17) is 9.47 Å². The Morgan fingerprint density at radius 3 is 1.35 bits per heavy atom. The molecule has 0 radical (unpaired) electrons. The first-order valence-corrected chi connectivity index (χ1v) is 24.8. The quantitative estimate of drug-likeness (QED) is 0.0458. The summed E-state index contributed by atoms with van der Waals surface area (Å²) in [6.07, 6.45) is 42.9. The second-order valence-electron chi connectivity index (χ2n) is 18.0. The molecule has 0 saturated carbocycles. The maximum atomic E-state index is 12.9. The lowest BCUT2D eigenvalue weighted by atomic mass is 9.94. The van der Waals surface area contributed by atoms with Gasteiger partial charge in [-0.15, -0.1) is 0 Å². The first kappa shape index (κ1) is 49.5. The van der Waals surface area contributed by atoms with E-state index in [-0.39, 0.29) is 11.9 Å². The maximum Gasteiger partial charge on any atom is 0.308 e. The molecule has 54 heavy (non-hydrogen) atoms. The molecule has 0 amide bonds. The van der Waals surface area contributed by atoms with Crippen molar-refractivity contribution in [3.8, 4) is 0 Å². The molecule has 2 saturated heterocycles. The molecule has 4 atom stereocenters. The highest BCUT2D eigenvalue weighted by molar-refractivity contribution is 5.72. The minimum absolute atomic E-state index is 0.0950. The lowest BCUT2D eigenvalue weighted by Gasteiger charge is -2.34. The molecule has 0 aromatic rings. The summed E-state index contributed by atoms with van der Waals surface area (Å²) in [7, 11) is 0. The van der Waals surface area contributed by atoms with Crippen molar-refractivity contribution in [2.24, 2.45) is 11.8 Å². The van der Waals surface area contributed by atoms with E-state index in [0.29, 0.717) is 6.61 Å². The second-order valence-corrected chi connectivity index (χ2v) is 18.0. The van der Waals surface area contributed by atoms with Gasteiger partial charge >= 0.3 is 5.97 Å². The van der Waals surface area contributed by atoms with Gasteiger partial charge in [0.25, 0.3) is 0 Å². The maximum absolute atomic E-state index is 12.9. The molecule has 5 heteroatoms.